The molecule has 2 unspecified atom stereocenters. The van der Waals surface area contributed by atoms with Gasteiger partial charge in [-0.1, -0.05) is 0 Å². The Morgan fingerprint density at radius 3 is 2.24 bits per heavy atom. The fourth-order valence-corrected chi connectivity index (χ4v) is 11.2. The molecule has 9 rings (SSSR count). The molecule has 0 aromatic carbocycles. The van der Waals surface area contributed by atoms with E-state index in [0.717, 1.165) is 16.6 Å². The van der Waals surface area contributed by atoms with Crippen LogP contribution in [0.5, 0.6) is 11.5 Å². The molecule has 20 nitrogen and oxygen atoms in total. The summed E-state index contributed by atoms with van der Waals surface area (Å²) in [6.07, 6.45) is 5.61. The lowest BCUT2D eigenvalue weighted by Crippen LogP contribution is -2.43. The molecule has 3 fully saturated rings. The summed E-state index contributed by atoms with van der Waals surface area (Å²) in [4.78, 5) is 47.7. The lowest BCUT2D eigenvalue weighted by atomic mass is 9.82. The molecule has 66 heavy (non-hydrogen) atoms. The molecule has 7 heterocycles. The van der Waals surface area contributed by atoms with Crippen LogP contribution in [0.4, 0.5) is 29.5 Å². The van der Waals surface area contributed by atoms with Crippen molar-refractivity contribution in [3.8, 4) is 11.5 Å². The molecule has 4 aliphatic rings. The largest absolute Gasteiger partial charge is 0.482 e. The smallest absolute Gasteiger partial charge is 0.387 e. The predicted octanol–water partition coefficient (Wildman–Crippen LogP) is 3.34. The first-order valence-electron chi connectivity index (χ1n) is 21.8. The number of aromatic nitrogens is 9. The van der Waals surface area contributed by atoms with Crippen LogP contribution >= 0.6 is 0 Å². The number of pyridine rings is 2. The summed E-state index contributed by atoms with van der Waals surface area (Å²) in [6.45, 7) is -0.576. The number of nitrogens with one attached hydrogen (secondary N) is 2. The van der Waals surface area contributed by atoms with E-state index >= 15 is 0 Å². The van der Waals surface area contributed by atoms with Crippen molar-refractivity contribution in [2.24, 2.45) is 0 Å². The third kappa shape index (κ3) is 8.53. The topological polar surface area (TPSA) is 247 Å². The lowest BCUT2D eigenvalue weighted by Gasteiger charge is -2.35. The number of rotatable bonds is 13. The highest BCUT2D eigenvalue weighted by atomic mass is 32.2. The maximum absolute atomic E-state index is 14.8. The van der Waals surface area contributed by atoms with Gasteiger partial charge in [-0.3, -0.25) is 18.7 Å². The minimum absolute atomic E-state index is 0.00430. The summed E-state index contributed by atoms with van der Waals surface area (Å²) >= 11 is 0. The quantitative estimate of drug-likeness (QED) is 0.124. The number of aliphatic hydroxyl groups is 2. The molecular formula is C41H50F4N12O8S. The van der Waals surface area contributed by atoms with Crippen molar-refractivity contribution in [2.45, 2.75) is 133 Å². The molecule has 2 saturated carbocycles. The monoisotopic (exact) mass is 946 g/mol. The van der Waals surface area contributed by atoms with Crippen LogP contribution < -0.4 is 31.2 Å². The van der Waals surface area contributed by atoms with Gasteiger partial charge in [-0.25, -0.2) is 31.5 Å². The van der Waals surface area contributed by atoms with Gasteiger partial charge in [-0.2, -0.15) is 18.7 Å². The predicted molar refractivity (Wildman–Crippen MR) is 230 cm³/mol. The van der Waals surface area contributed by atoms with Crippen LogP contribution in [0.3, 0.4) is 0 Å². The highest BCUT2D eigenvalue weighted by molar-refractivity contribution is 7.88. The lowest BCUT2D eigenvalue weighted by molar-refractivity contribution is -0.0537. The van der Waals surface area contributed by atoms with E-state index in [1.165, 1.54) is 34.3 Å². The Labute approximate surface area is 374 Å². The minimum Gasteiger partial charge on any atom is -0.482 e. The molecule has 2 aliphatic carbocycles. The first kappa shape index (κ1) is 45.6. The molecule has 0 amide bonds. The first-order valence-corrected chi connectivity index (χ1v) is 23.7. The second-order valence-corrected chi connectivity index (χ2v) is 20.1. The fourth-order valence-electron chi connectivity index (χ4n) is 10.4. The van der Waals surface area contributed by atoms with Crippen LogP contribution in [0.25, 0.3) is 22.1 Å². The Kier molecular flexibility index (Phi) is 11.9. The van der Waals surface area contributed by atoms with Crippen molar-refractivity contribution in [2.75, 3.05) is 36.6 Å². The number of aryl methyl sites for hydroxylation is 1. The molecule has 25 heteroatoms. The molecule has 1 saturated heterocycles. The molecule has 4 N–H and O–H groups in total. The standard InChI is InChI=1S/C41H50F4N12O8S/c1-40(60)11-4-5-27(40)56-34-24(18-47-39(52-34)50-23-8-12-54-20-48-53-30(54)16-23)31(32(36(56)59)65-37(44)45)25-6-7-28(41(25,2)61)57-33-21(15-26(35(57)58)64-19-29(42)43)17-46-38(51-33)49-22-9-13-55(14-10-22)66(3,62)63/h15,17-18,20,22-23,25,27-29,37,60-61H,4-14,16,19H2,1-3H3,(H,46,49,51)(H,47,50,52)/t23?,25?,27-,28-,40-,41-/m1/s1. The highest BCUT2D eigenvalue weighted by Crippen LogP contribution is 2.53. The van der Waals surface area contributed by atoms with E-state index in [4.69, 9.17) is 14.5 Å². The first-order chi connectivity index (χ1) is 31.3. The van der Waals surface area contributed by atoms with E-state index in [0.29, 0.717) is 51.5 Å². The van der Waals surface area contributed by atoms with Gasteiger partial charge < -0.3 is 34.9 Å². The normalized spacial score (nSPS) is 26.4. The third-order valence-electron chi connectivity index (χ3n) is 13.6. The summed E-state index contributed by atoms with van der Waals surface area (Å²) in [7, 11) is -3.40. The second-order valence-electron chi connectivity index (χ2n) is 18.1. The second kappa shape index (κ2) is 17.3. The number of halogens is 4. The van der Waals surface area contributed by atoms with E-state index in [9.17, 15) is 45.8 Å². The minimum atomic E-state index is -3.50. The van der Waals surface area contributed by atoms with Crippen LogP contribution in [0.15, 0.2) is 34.4 Å². The van der Waals surface area contributed by atoms with E-state index in [1.54, 1.807) is 13.3 Å². The average molecular weight is 947 g/mol. The van der Waals surface area contributed by atoms with Crippen LogP contribution in [0.2, 0.25) is 0 Å². The van der Waals surface area contributed by atoms with Crippen molar-refractivity contribution < 1.29 is 45.7 Å². The van der Waals surface area contributed by atoms with Gasteiger partial charge in [0.05, 0.1) is 29.5 Å². The van der Waals surface area contributed by atoms with Crippen LogP contribution in [0.1, 0.15) is 94.6 Å². The van der Waals surface area contributed by atoms with Crippen molar-refractivity contribution in [3.05, 3.63) is 56.9 Å². The zero-order valence-corrected chi connectivity index (χ0v) is 37.1. The maximum Gasteiger partial charge on any atom is 0.387 e. The van der Waals surface area contributed by atoms with Gasteiger partial charge in [0.15, 0.2) is 11.5 Å². The number of piperidine rings is 1. The summed E-state index contributed by atoms with van der Waals surface area (Å²) < 4.78 is 96.2. The van der Waals surface area contributed by atoms with E-state index in [-0.39, 0.29) is 77.5 Å². The van der Waals surface area contributed by atoms with Gasteiger partial charge >= 0.3 is 6.61 Å². The fraction of sp³-hybridized carbons (Fsp3) is 0.610. The molecule has 0 radical (unpaired) electrons. The number of anilines is 2. The number of hydrogen-bond acceptors (Lipinski definition) is 16. The van der Waals surface area contributed by atoms with Crippen molar-refractivity contribution in [1.29, 1.82) is 0 Å². The Morgan fingerprint density at radius 2 is 1.56 bits per heavy atom. The summed E-state index contributed by atoms with van der Waals surface area (Å²) in [6, 6.07) is -1.38. The van der Waals surface area contributed by atoms with E-state index < -0.39 is 81.5 Å². The van der Waals surface area contributed by atoms with Gasteiger partial charge in [0.25, 0.3) is 17.5 Å². The Morgan fingerprint density at radius 1 is 0.879 bits per heavy atom. The van der Waals surface area contributed by atoms with Crippen LogP contribution in [0, 0.1) is 0 Å². The van der Waals surface area contributed by atoms with E-state index in [1.807, 2.05) is 4.57 Å². The van der Waals surface area contributed by atoms with Gasteiger partial charge in [0.2, 0.25) is 21.9 Å². The van der Waals surface area contributed by atoms with Gasteiger partial charge in [-0.05, 0) is 71.3 Å². The van der Waals surface area contributed by atoms with Gasteiger partial charge in [-0.15, -0.1) is 10.2 Å². The van der Waals surface area contributed by atoms with Crippen LogP contribution in [-0.4, -0.2) is 129 Å². The molecule has 5 aromatic rings. The number of fused-ring (bicyclic) bond motifs is 3. The zero-order valence-electron chi connectivity index (χ0n) is 36.3. The Balaban J connectivity index is 1.15. The number of nitrogens with zero attached hydrogens (tertiary/aromatic N) is 10. The molecular weight excluding hydrogens is 897 g/mol. The maximum atomic E-state index is 14.8. The third-order valence-corrected chi connectivity index (χ3v) is 15.0. The van der Waals surface area contributed by atoms with Crippen molar-refractivity contribution in [3.63, 3.8) is 0 Å². The number of alkyl halides is 4. The summed E-state index contributed by atoms with van der Waals surface area (Å²) in [5, 5.41) is 39.3. The molecule has 5 aromatic heterocycles. The van der Waals surface area contributed by atoms with Crippen molar-refractivity contribution in [1.82, 2.24) is 48.1 Å². The molecule has 2 aliphatic heterocycles. The summed E-state index contributed by atoms with van der Waals surface area (Å²) in [5.74, 6) is -1.57. The number of sulfonamides is 1. The average Bonchev–Trinajstić information content (AvgIpc) is 3.95. The number of hydrogen-bond donors (Lipinski definition) is 4. The Hall–Kier alpha value is -5.53. The van der Waals surface area contributed by atoms with E-state index in [2.05, 4.69) is 35.8 Å². The van der Waals surface area contributed by atoms with Crippen molar-refractivity contribution >= 4 is 44.0 Å². The van der Waals surface area contributed by atoms with Crippen LogP contribution in [-0.2, 0) is 23.0 Å². The Bertz CT molecular complexity index is 2890. The zero-order chi connectivity index (χ0) is 46.9. The molecule has 0 bridgehead atoms. The molecule has 6 atom stereocenters. The highest BCUT2D eigenvalue weighted by Gasteiger charge is 2.51. The number of ether oxygens (including phenoxy) is 2. The SMILES string of the molecule is C[C@@]1(O)CCC[C@H]1n1c(=O)c(OC(F)F)c(C2CC[C@@H](n3c(=O)c(OCC(F)F)cc4cnc(NC5CCN(S(C)(=O)=O)CC5)nc43)[C@]2(C)O)c2cnc(NC3CCn4cnnc4C3)nc21. The summed E-state index contributed by atoms with van der Waals surface area (Å²) in [5.41, 5.74) is -5.64. The molecule has 0 spiro atoms. The molecule has 356 valence electrons. The van der Waals surface area contributed by atoms with Gasteiger partial charge in [0.1, 0.15) is 30.1 Å². The van der Waals surface area contributed by atoms with Gasteiger partial charge in [0, 0.05) is 72.8 Å².